The van der Waals surface area contributed by atoms with E-state index in [1.807, 2.05) is 0 Å². The molecule has 0 aliphatic heterocycles. The second kappa shape index (κ2) is 10.8. The number of rotatable bonds is 2. The van der Waals surface area contributed by atoms with Gasteiger partial charge < -0.3 is 4.57 Å². The SMILES string of the molecule is c1ccc(C2c3ccccc3-c3ccc4c5ccccc5n(-c5ccc6c(c5)-c5ccccc5C65c6ccccc6CCc6ccccc65)c4c32)cc1. The molecule has 0 fully saturated rings. The molecule has 1 heterocycles. The summed E-state index contributed by atoms with van der Waals surface area (Å²) >= 11 is 0. The molecule has 1 nitrogen and oxygen atoms in total. The van der Waals surface area contributed by atoms with Crippen LogP contribution in [-0.4, -0.2) is 4.57 Å². The predicted octanol–water partition coefficient (Wildman–Crippen LogP) is 12.4. The summed E-state index contributed by atoms with van der Waals surface area (Å²) in [6.07, 6.45) is 2.09. The number of fused-ring (bicyclic) bond motifs is 16. The highest BCUT2D eigenvalue weighted by Gasteiger charge is 2.49. The first-order valence-electron chi connectivity index (χ1n) is 18.9. The van der Waals surface area contributed by atoms with Gasteiger partial charge in [-0.1, -0.05) is 164 Å². The average Bonchev–Trinajstić information content (AvgIpc) is 3.81. The molecule has 12 rings (SSSR count). The summed E-state index contributed by atoms with van der Waals surface area (Å²) in [6.45, 7) is 0. The van der Waals surface area contributed by atoms with Crippen LogP contribution in [0, 0.1) is 0 Å². The maximum Gasteiger partial charge on any atom is 0.0718 e. The Morgan fingerprint density at radius 3 is 1.85 bits per heavy atom. The number of aromatic nitrogens is 1. The maximum atomic E-state index is 2.58. The molecule has 1 heteroatoms. The fourth-order valence-corrected chi connectivity index (χ4v) is 10.6. The zero-order chi connectivity index (χ0) is 34.7. The quantitative estimate of drug-likeness (QED) is 0.172. The van der Waals surface area contributed by atoms with Crippen LogP contribution in [-0.2, 0) is 18.3 Å². The molecule has 8 aromatic carbocycles. The van der Waals surface area contributed by atoms with Crippen molar-refractivity contribution in [3.05, 3.63) is 232 Å². The highest BCUT2D eigenvalue weighted by atomic mass is 15.0. The standard InChI is InChI=1S/C52H35N/c1-2-16-35(17-3-1)49-40-21-7-6-18-37(40)41-29-30-42-39-20-9-13-25-48(39)53(51(42)50(41)49)36-28-31-47-43(32-36)38-19-8-12-24-46(38)52(47)44-22-10-4-14-33(44)26-27-34-15-5-11-23-45(34)52/h1-25,28-32,49H,26-27H2. The molecule has 0 radical (unpaired) electrons. The summed E-state index contributed by atoms with van der Waals surface area (Å²) in [5, 5.41) is 2.59. The van der Waals surface area contributed by atoms with E-state index in [9.17, 15) is 0 Å². The third-order valence-corrected chi connectivity index (χ3v) is 12.7. The Kier molecular flexibility index (Phi) is 5.94. The van der Waals surface area contributed by atoms with Crippen molar-refractivity contribution in [2.45, 2.75) is 24.2 Å². The fourth-order valence-electron chi connectivity index (χ4n) is 10.6. The van der Waals surface area contributed by atoms with Gasteiger partial charge in [-0.05, 0) is 103 Å². The normalized spacial score (nSPS) is 15.7. The first-order valence-corrected chi connectivity index (χ1v) is 18.9. The number of nitrogens with zero attached hydrogens (tertiary/aromatic N) is 1. The van der Waals surface area contributed by atoms with E-state index in [2.05, 4.69) is 187 Å². The fraction of sp³-hybridized carbons (Fsp3) is 0.0769. The van der Waals surface area contributed by atoms with Crippen molar-refractivity contribution in [2.24, 2.45) is 0 Å². The van der Waals surface area contributed by atoms with Crippen LogP contribution in [0.1, 0.15) is 56.0 Å². The number of aryl methyl sites for hydroxylation is 2. The van der Waals surface area contributed by atoms with Crippen molar-refractivity contribution >= 4 is 21.8 Å². The lowest BCUT2D eigenvalue weighted by molar-refractivity contribution is 0.762. The Balaban J connectivity index is 1.19. The lowest BCUT2D eigenvalue weighted by atomic mass is 9.66. The molecular weight excluding hydrogens is 639 g/mol. The molecule has 1 unspecified atom stereocenters. The van der Waals surface area contributed by atoms with Crippen molar-refractivity contribution in [1.29, 1.82) is 0 Å². The van der Waals surface area contributed by atoms with Crippen molar-refractivity contribution < 1.29 is 0 Å². The maximum absolute atomic E-state index is 2.58. The van der Waals surface area contributed by atoms with Gasteiger partial charge in [-0.25, -0.2) is 0 Å². The number of hydrogen-bond acceptors (Lipinski definition) is 0. The highest BCUT2D eigenvalue weighted by Crippen LogP contribution is 2.59. The minimum atomic E-state index is -0.379. The predicted molar refractivity (Wildman–Crippen MR) is 218 cm³/mol. The minimum Gasteiger partial charge on any atom is -0.309 e. The van der Waals surface area contributed by atoms with Crippen molar-refractivity contribution in [3.8, 4) is 27.9 Å². The van der Waals surface area contributed by atoms with Gasteiger partial charge in [0.2, 0.25) is 0 Å². The topological polar surface area (TPSA) is 4.93 Å². The molecular formula is C52H35N. The van der Waals surface area contributed by atoms with E-state index in [-0.39, 0.29) is 11.3 Å². The molecule has 1 spiro atoms. The van der Waals surface area contributed by atoms with E-state index < -0.39 is 0 Å². The van der Waals surface area contributed by atoms with E-state index in [1.165, 1.54) is 99.8 Å². The minimum absolute atomic E-state index is 0.145. The molecule has 3 aliphatic rings. The van der Waals surface area contributed by atoms with Gasteiger partial charge in [-0.3, -0.25) is 0 Å². The largest absolute Gasteiger partial charge is 0.309 e. The first kappa shape index (κ1) is 29.2. The lowest BCUT2D eigenvalue weighted by Crippen LogP contribution is -2.29. The molecule has 248 valence electrons. The summed E-state index contributed by atoms with van der Waals surface area (Å²) in [4.78, 5) is 0. The lowest BCUT2D eigenvalue weighted by Gasteiger charge is -2.35. The summed E-state index contributed by atoms with van der Waals surface area (Å²) in [5.41, 5.74) is 21.3. The van der Waals surface area contributed by atoms with Crippen LogP contribution >= 0.6 is 0 Å². The van der Waals surface area contributed by atoms with Gasteiger partial charge >= 0.3 is 0 Å². The molecule has 53 heavy (non-hydrogen) atoms. The molecule has 0 saturated heterocycles. The van der Waals surface area contributed by atoms with Crippen LogP contribution in [0.25, 0.3) is 49.7 Å². The smallest absolute Gasteiger partial charge is 0.0718 e. The van der Waals surface area contributed by atoms with Crippen LogP contribution in [0.2, 0.25) is 0 Å². The Morgan fingerprint density at radius 1 is 0.434 bits per heavy atom. The van der Waals surface area contributed by atoms with Crippen molar-refractivity contribution in [2.75, 3.05) is 0 Å². The van der Waals surface area contributed by atoms with E-state index in [0.29, 0.717) is 0 Å². The molecule has 0 N–H and O–H groups in total. The molecule has 1 atom stereocenters. The number of para-hydroxylation sites is 1. The van der Waals surface area contributed by atoms with Gasteiger partial charge in [-0.2, -0.15) is 0 Å². The van der Waals surface area contributed by atoms with Crippen LogP contribution in [0.3, 0.4) is 0 Å². The van der Waals surface area contributed by atoms with Crippen molar-refractivity contribution in [3.63, 3.8) is 0 Å². The molecule has 9 aromatic rings. The van der Waals surface area contributed by atoms with Gasteiger partial charge in [0.1, 0.15) is 0 Å². The molecule has 0 saturated carbocycles. The highest BCUT2D eigenvalue weighted by molar-refractivity contribution is 6.13. The second-order valence-electron chi connectivity index (χ2n) is 15.0. The van der Waals surface area contributed by atoms with Gasteiger partial charge in [0.05, 0.1) is 16.4 Å². The average molecular weight is 674 g/mol. The Morgan fingerprint density at radius 2 is 1.06 bits per heavy atom. The summed E-state index contributed by atoms with van der Waals surface area (Å²) < 4.78 is 2.58. The summed E-state index contributed by atoms with van der Waals surface area (Å²) in [5.74, 6) is 0.145. The second-order valence-corrected chi connectivity index (χ2v) is 15.0. The van der Waals surface area contributed by atoms with Crippen LogP contribution < -0.4 is 0 Å². The van der Waals surface area contributed by atoms with Crippen LogP contribution in [0.5, 0.6) is 0 Å². The number of hydrogen-bond donors (Lipinski definition) is 0. The van der Waals surface area contributed by atoms with Gasteiger partial charge in [0.15, 0.2) is 0 Å². The molecule has 1 aromatic heterocycles. The van der Waals surface area contributed by atoms with Crippen LogP contribution in [0.15, 0.2) is 182 Å². The van der Waals surface area contributed by atoms with E-state index in [1.54, 1.807) is 0 Å². The number of benzene rings is 8. The van der Waals surface area contributed by atoms with E-state index in [4.69, 9.17) is 0 Å². The third kappa shape index (κ3) is 3.76. The summed E-state index contributed by atoms with van der Waals surface area (Å²) in [6, 6.07) is 68.9. The Bertz CT molecular complexity index is 2910. The molecule has 0 bridgehead atoms. The van der Waals surface area contributed by atoms with Gasteiger partial charge in [0.25, 0.3) is 0 Å². The van der Waals surface area contributed by atoms with Gasteiger partial charge in [0, 0.05) is 22.4 Å². The molecule has 3 aliphatic carbocycles. The first-order chi connectivity index (χ1) is 26.3. The zero-order valence-electron chi connectivity index (χ0n) is 29.3. The monoisotopic (exact) mass is 673 g/mol. The van der Waals surface area contributed by atoms with Crippen molar-refractivity contribution in [1.82, 2.24) is 4.57 Å². The van der Waals surface area contributed by atoms with Gasteiger partial charge in [-0.15, -0.1) is 0 Å². The van der Waals surface area contributed by atoms with E-state index >= 15 is 0 Å². The summed E-state index contributed by atoms with van der Waals surface area (Å²) in [7, 11) is 0. The Hall–Kier alpha value is -6.44. The molecule has 0 amide bonds. The third-order valence-electron chi connectivity index (χ3n) is 12.7. The zero-order valence-corrected chi connectivity index (χ0v) is 29.3. The van der Waals surface area contributed by atoms with Crippen LogP contribution in [0.4, 0.5) is 0 Å². The van der Waals surface area contributed by atoms with E-state index in [0.717, 1.165) is 12.8 Å². The Labute approximate surface area is 309 Å².